The first-order valence-corrected chi connectivity index (χ1v) is 16.8. The fourth-order valence-electron chi connectivity index (χ4n) is 5.65. The molecular weight excluding hydrogens is 505 g/mol. The van der Waals surface area contributed by atoms with Crippen molar-refractivity contribution in [2.45, 2.75) is 134 Å². The average molecular weight is 558 g/mol. The molecule has 0 bridgehead atoms. The molecule has 2 fully saturated rings. The Hall–Kier alpha value is -1.46. The van der Waals surface area contributed by atoms with E-state index in [2.05, 4.69) is 24.0 Å². The number of allylic oxidation sites excluding steroid dienone is 2. The van der Waals surface area contributed by atoms with Crippen molar-refractivity contribution in [1.29, 1.82) is 0 Å². The SMILES string of the molecule is CCCCCCCCC=CCCCCCCCC(=O)SC1CCN(C(C(=O)C2CC2)c2ccccc2F)CC1. The van der Waals surface area contributed by atoms with Gasteiger partial charge < -0.3 is 0 Å². The highest BCUT2D eigenvalue weighted by Gasteiger charge is 2.40. The molecule has 0 aromatic heterocycles. The Morgan fingerprint density at radius 1 is 0.872 bits per heavy atom. The highest BCUT2D eigenvalue weighted by atomic mass is 32.2. The minimum absolute atomic E-state index is 0.0923. The molecule has 1 saturated carbocycles. The van der Waals surface area contributed by atoms with E-state index < -0.39 is 6.04 Å². The molecule has 1 unspecified atom stereocenters. The summed E-state index contributed by atoms with van der Waals surface area (Å²) in [6, 6.07) is 6.25. The van der Waals surface area contributed by atoms with Gasteiger partial charge in [-0.1, -0.05) is 100 Å². The standard InChI is InChI=1S/C34H52FNO2S/c1-2-3-4-5-6-7-8-9-10-11-12-13-14-15-16-21-32(37)39-29-24-26-36(27-25-29)33(34(38)28-22-23-28)30-19-17-18-20-31(30)35/h9-10,17-20,28-29,33H,2-8,11-16,21-27H2,1H3. The lowest BCUT2D eigenvalue weighted by Gasteiger charge is -2.37. The van der Waals surface area contributed by atoms with Crippen molar-refractivity contribution in [2.24, 2.45) is 5.92 Å². The zero-order valence-electron chi connectivity index (χ0n) is 24.4. The maximum Gasteiger partial charge on any atom is 0.189 e. The molecule has 1 aliphatic carbocycles. The number of unbranched alkanes of at least 4 members (excludes halogenated alkanes) is 11. The number of carbonyl (C=O) groups is 2. The molecule has 2 aliphatic rings. The van der Waals surface area contributed by atoms with Crippen LogP contribution >= 0.6 is 11.8 Å². The van der Waals surface area contributed by atoms with Gasteiger partial charge in [0.25, 0.3) is 0 Å². The maximum absolute atomic E-state index is 14.6. The zero-order chi connectivity index (χ0) is 27.7. The molecule has 3 nitrogen and oxygen atoms in total. The highest BCUT2D eigenvalue weighted by molar-refractivity contribution is 8.14. The second-order valence-corrected chi connectivity index (χ2v) is 13.0. The molecular formula is C34H52FNO2S. The summed E-state index contributed by atoms with van der Waals surface area (Å²) in [4.78, 5) is 27.8. The van der Waals surface area contributed by atoms with Crippen molar-refractivity contribution < 1.29 is 14.0 Å². The second-order valence-electron chi connectivity index (χ2n) is 11.7. The zero-order valence-corrected chi connectivity index (χ0v) is 25.2. The Labute approximate surface area is 241 Å². The average Bonchev–Trinajstić information content (AvgIpc) is 3.79. The number of thioether (sulfide) groups is 1. The number of hydrogen-bond donors (Lipinski definition) is 0. The van der Waals surface area contributed by atoms with E-state index in [1.54, 1.807) is 12.1 Å². The summed E-state index contributed by atoms with van der Waals surface area (Å²) < 4.78 is 14.6. The lowest BCUT2D eigenvalue weighted by Crippen LogP contribution is -2.42. The third-order valence-corrected chi connectivity index (χ3v) is 9.50. The van der Waals surface area contributed by atoms with Crippen molar-refractivity contribution in [2.75, 3.05) is 13.1 Å². The van der Waals surface area contributed by atoms with Gasteiger partial charge in [-0.15, -0.1) is 0 Å². The largest absolute Gasteiger partial charge is 0.297 e. The Morgan fingerprint density at radius 3 is 2.08 bits per heavy atom. The van der Waals surface area contributed by atoms with E-state index in [1.165, 1.54) is 88.5 Å². The van der Waals surface area contributed by atoms with Gasteiger partial charge in [0, 0.05) is 36.2 Å². The van der Waals surface area contributed by atoms with Gasteiger partial charge in [0.15, 0.2) is 10.9 Å². The van der Waals surface area contributed by atoms with E-state index in [0.717, 1.165) is 51.6 Å². The molecule has 0 spiro atoms. The monoisotopic (exact) mass is 557 g/mol. The van der Waals surface area contributed by atoms with Gasteiger partial charge in [0.2, 0.25) is 0 Å². The Kier molecular flexibility index (Phi) is 15.5. The number of hydrogen-bond acceptors (Lipinski definition) is 4. The summed E-state index contributed by atoms with van der Waals surface area (Å²) >= 11 is 1.51. The summed E-state index contributed by atoms with van der Waals surface area (Å²) in [5.74, 6) is -0.0238. The predicted molar refractivity (Wildman–Crippen MR) is 164 cm³/mol. The lowest BCUT2D eigenvalue weighted by atomic mass is 9.95. The highest BCUT2D eigenvalue weighted by Crippen LogP contribution is 2.39. The van der Waals surface area contributed by atoms with Gasteiger partial charge in [0.1, 0.15) is 5.82 Å². The fraction of sp³-hybridized carbons (Fsp3) is 0.706. The third-order valence-electron chi connectivity index (χ3n) is 8.23. The summed E-state index contributed by atoms with van der Waals surface area (Å²) in [6.07, 6.45) is 25.5. The number of piperidine rings is 1. The van der Waals surface area contributed by atoms with Crippen LogP contribution in [0.15, 0.2) is 36.4 Å². The van der Waals surface area contributed by atoms with E-state index in [9.17, 15) is 14.0 Å². The fourth-order valence-corrected chi connectivity index (χ4v) is 6.74. The van der Waals surface area contributed by atoms with E-state index in [1.807, 2.05) is 6.07 Å². The predicted octanol–water partition coefficient (Wildman–Crippen LogP) is 9.61. The van der Waals surface area contributed by atoms with Gasteiger partial charge in [-0.05, 0) is 63.9 Å². The van der Waals surface area contributed by atoms with Crippen molar-refractivity contribution in [3.05, 3.63) is 47.8 Å². The molecule has 0 radical (unpaired) electrons. The Bertz CT molecular complexity index is 876. The van der Waals surface area contributed by atoms with E-state index in [0.29, 0.717) is 22.3 Å². The summed E-state index contributed by atoms with van der Waals surface area (Å²) in [6.45, 7) is 3.76. The maximum atomic E-state index is 14.6. The van der Waals surface area contributed by atoms with Gasteiger partial charge in [0.05, 0.1) is 6.04 Å². The van der Waals surface area contributed by atoms with E-state index in [-0.39, 0.29) is 17.5 Å². The number of likely N-dealkylation sites (tertiary alicyclic amines) is 1. The number of nitrogens with zero attached hydrogens (tertiary/aromatic N) is 1. The second kappa shape index (κ2) is 18.8. The Balaban J connectivity index is 1.22. The Morgan fingerprint density at radius 2 is 1.46 bits per heavy atom. The first-order chi connectivity index (χ1) is 19.1. The van der Waals surface area contributed by atoms with Crippen molar-refractivity contribution in [3.63, 3.8) is 0 Å². The van der Waals surface area contributed by atoms with Crippen LogP contribution in [-0.2, 0) is 9.59 Å². The van der Waals surface area contributed by atoms with Gasteiger partial charge >= 0.3 is 0 Å². The van der Waals surface area contributed by atoms with Crippen LogP contribution in [0.1, 0.15) is 134 Å². The van der Waals surface area contributed by atoms with Crippen LogP contribution in [0.2, 0.25) is 0 Å². The molecule has 5 heteroatoms. The van der Waals surface area contributed by atoms with Crippen LogP contribution in [0.5, 0.6) is 0 Å². The molecule has 1 saturated heterocycles. The molecule has 1 aromatic rings. The van der Waals surface area contributed by atoms with Gasteiger partial charge in [-0.25, -0.2) is 4.39 Å². The normalized spacial score (nSPS) is 17.6. The third kappa shape index (κ3) is 12.3. The molecule has 1 atom stereocenters. The van der Waals surface area contributed by atoms with Crippen molar-refractivity contribution in [1.82, 2.24) is 4.90 Å². The van der Waals surface area contributed by atoms with Crippen LogP contribution in [0.25, 0.3) is 0 Å². The first-order valence-electron chi connectivity index (χ1n) is 16.0. The van der Waals surface area contributed by atoms with Crippen molar-refractivity contribution >= 4 is 22.7 Å². The van der Waals surface area contributed by atoms with Crippen LogP contribution in [0.4, 0.5) is 4.39 Å². The van der Waals surface area contributed by atoms with Gasteiger partial charge in [-0.3, -0.25) is 14.5 Å². The number of rotatable bonds is 20. The van der Waals surface area contributed by atoms with Gasteiger partial charge in [-0.2, -0.15) is 0 Å². The lowest BCUT2D eigenvalue weighted by molar-refractivity contribution is -0.126. The van der Waals surface area contributed by atoms with E-state index >= 15 is 0 Å². The molecule has 3 rings (SSSR count). The molecule has 1 aromatic carbocycles. The minimum atomic E-state index is -0.476. The van der Waals surface area contributed by atoms with Crippen LogP contribution in [0.3, 0.4) is 0 Å². The van der Waals surface area contributed by atoms with Crippen LogP contribution in [0, 0.1) is 11.7 Å². The number of carbonyl (C=O) groups excluding carboxylic acids is 2. The minimum Gasteiger partial charge on any atom is -0.297 e. The summed E-state index contributed by atoms with van der Waals surface area (Å²) in [7, 11) is 0. The van der Waals surface area contributed by atoms with E-state index in [4.69, 9.17) is 0 Å². The van der Waals surface area contributed by atoms with Crippen molar-refractivity contribution in [3.8, 4) is 0 Å². The summed E-state index contributed by atoms with van der Waals surface area (Å²) in [5, 5.41) is 0.625. The smallest absolute Gasteiger partial charge is 0.189 e. The summed E-state index contributed by atoms with van der Waals surface area (Å²) in [5.41, 5.74) is 0.515. The first kappa shape index (κ1) is 32.1. The molecule has 39 heavy (non-hydrogen) atoms. The van der Waals surface area contributed by atoms with Crippen LogP contribution in [-0.4, -0.2) is 34.1 Å². The number of halogens is 1. The topological polar surface area (TPSA) is 37.4 Å². The number of Topliss-reactive ketones (excluding diaryl/α,β-unsaturated/α-hetero) is 1. The molecule has 0 amide bonds. The number of ketones is 1. The molecule has 0 N–H and O–H groups in total. The van der Waals surface area contributed by atoms with Crippen LogP contribution < -0.4 is 0 Å². The number of benzene rings is 1. The quantitative estimate of drug-likeness (QED) is 0.118. The molecule has 1 aliphatic heterocycles. The molecule has 218 valence electrons. The molecule has 1 heterocycles.